The molecule has 0 saturated heterocycles. The van der Waals surface area contributed by atoms with Gasteiger partial charge in [0.15, 0.2) is 0 Å². The van der Waals surface area contributed by atoms with Crippen LogP contribution >= 0.6 is 7.82 Å². The van der Waals surface area contributed by atoms with Crippen molar-refractivity contribution in [1.82, 2.24) is 0 Å². The smallest absolute Gasteiger partial charge is 0.431 e. The molecule has 9 heteroatoms. The Morgan fingerprint density at radius 3 is 2.33 bits per heavy atom. The van der Waals surface area contributed by atoms with E-state index in [1.54, 1.807) is 0 Å². The van der Waals surface area contributed by atoms with Gasteiger partial charge in [-0.1, -0.05) is 11.3 Å². The second-order valence-electron chi connectivity index (χ2n) is 1.91. The summed E-state index contributed by atoms with van der Waals surface area (Å²) in [4.78, 5) is 40.8. The van der Waals surface area contributed by atoms with Crippen LogP contribution in [0.15, 0.2) is 25.0 Å². The third kappa shape index (κ3) is 8.85. The highest BCUT2D eigenvalue weighted by atomic mass is 31.2. The number of hydrogen-bond donors (Lipinski definition) is 2. The van der Waals surface area contributed by atoms with Gasteiger partial charge < -0.3 is 14.5 Å². The molecule has 0 saturated carbocycles. The van der Waals surface area contributed by atoms with Crippen molar-refractivity contribution in [3.05, 3.63) is 25.0 Å². The van der Waals surface area contributed by atoms with Crippen molar-refractivity contribution in [2.24, 2.45) is 0 Å². The maximum atomic E-state index is 10.6. The van der Waals surface area contributed by atoms with Gasteiger partial charge in [-0.3, -0.25) is 4.89 Å². The van der Waals surface area contributed by atoms with Gasteiger partial charge in [-0.15, -0.1) is 0 Å². The van der Waals surface area contributed by atoms with Gasteiger partial charge in [-0.2, -0.15) is 0 Å². The Hall–Kier alpha value is -1.47. The molecular formula is C6H7O8P. The fraction of sp³-hybridized carbons (Fsp3) is 0. The van der Waals surface area contributed by atoms with E-state index >= 15 is 0 Å². The standard InChI is InChI=1S/C6H7O8P/c1-2-5(7)12-4-3-6(8)13-14-15(9,10)11/h2-4H,1H2,(H2,9,10,11). The van der Waals surface area contributed by atoms with Crippen LogP contribution in [0.2, 0.25) is 0 Å². The number of rotatable bonds is 5. The highest BCUT2D eigenvalue weighted by Crippen LogP contribution is 2.35. The van der Waals surface area contributed by atoms with Crippen LogP contribution in [-0.2, 0) is 28.5 Å². The van der Waals surface area contributed by atoms with Crippen molar-refractivity contribution in [3.63, 3.8) is 0 Å². The summed E-state index contributed by atoms with van der Waals surface area (Å²) in [6.07, 6.45) is 2.08. The number of carbonyl (C=O) groups excluding carboxylic acids is 2. The Bertz CT molecular complexity index is 326. The predicted octanol–water partition coefficient (Wildman–Crippen LogP) is -0.203. The molecule has 0 heterocycles. The average Bonchev–Trinajstić information content (AvgIpc) is 2.13. The molecule has 0 spiro atoms. The summed E-state index contributed by atoms with van der Waals surface area (Å²) in [6.45, 7) is 3.07. The highest BCUT2D eigenvalue weighted by Gasteiger charge is 2.17. The highest BCUT2D eigenvalue weighted by molar-refractivity contribution is 7.46. The van der Waals surface area contributed by atoms with Gasteiger partial charge in [0.2, 0.25) is 0 Å². The van der Waals surface area contributed by atoms with Crippen molar-refractivity contribution < 1.29 is 38.2 Å². The maximum absolute atomic E-state index is 10.6. The number of esters is 1. The first-order valence-corrected chi connectivity index (χ1v) is 4.83. The molecule has 0 aliphatic carbocycles. The zero-order valence-corrected chi connectivity index (χ0v) is 8.12. The largest absolute Gasteiger partial charge is 0.505 e. The molecule has 0 aliphatic heterocycles. The quantitative estimate of drug-likeness (QED) is 0.169. The van der Waals surface area contributed by atoms with Crippen LogP contribution in [0.25, 0.3) is 0 Å². The summed E-state index contributed by atoms with van der Waals surface area (Å²) >= 11 is 0. The van der Waals surface area contributed by atoms with Crippen LogP contribution in [0.4, 0.5) is 0 Å². The minimum absolute atomic E-state index is 0.580. The summed E-state index contributed by atoms with van der Waals surface area (Å²) in [5.74, 6) is -2.06. The lowest BCUT2D eigenvalue weighted by Crippen LogP contribution is -2.01. The van der Waals surface area contributed by atoms with Crippen LogP contribution in [0.5, 0.6) is 0 Å². The van der Waals surface area contributed by atoms with Gasteiger partial charge in [0.05, 0.1) is 6.08 Å². The molecule has 0 amide bonds. The van der Waals surface area contributed by atoms with Crippen molar-refractivity contribution >= 4 is 19.8 Å². The molecule has 8 nitrogen and oxygen atoms in total. The summed E-state index contributed by atoms with van der Waals surface area (Å²) in [5.41, 5.74) is 0. The molecule has 15 heavy (non-hydrogen) atoms. The van der Waals surface area contributed by atoms with E-state index in [2.05, 4.69) is 20.9 Å². The summed E-state index contributed by atoms with van der Waals surface area (Å²) in [7, 11) is -4.88. The molecule has 0 aromatic rings. The van der Waals surface area contributed by atoms with Gasteiger partial charge in [0.25, 0.3) is 0 Å². The van der Waals surface area contributed by atoms with Gasteiger partial charge in [0, 0.05) is 6.08 Å². The van der Waals surface area contributed by atoms with Gasteiger partial charge in [-0.05, 0) is 0 Å². The Balaban J connectivity index is 3.89. The number of hydrogen-bond acceptors (Lipinski definition) is 6. The van der Waals surface area contributed by atoms with E-state index in [1.807, 2.05) is 0 Å². The van der Waals surface area contributed by atoms with Crippen LogP contribution in [0.1, 0.15) is 0 Å². The summed E-state index contributed by atoms with van der Waals surface area (Å²) < 4.78 is 17.6. The molecular weight excluding hydrogens is 231 g/mol. The lowest BCUT2D eigenvalue weighted by atomic mass is 10.6. The average molecular weight is 238 g/mol. The van der Waals surface area contributed by atoms with E-state index in [-0.39, 0.29) is 0 Å². The monoisotopic (exact) mass is 238 g/mol. The van der Waals surface area contributed by atoms with Gasteiger partial charge >= 0.3 is 19.8 Å². The van der Waals surface area contributed by atoms with E-state index in [0.29, 0.717) is 12.3 Å². The van der Waals surface area contributed by atoms with Crippen LogP contribution in [0, 0.1) is 0 Å². The summed E-state index contributed by atoms with van der Waals surface area (Å²) in [5, 5.41) is 0. The number of phosphoric acid groups is 1. The van der Waals surface area contributed by atoms with E-state index in [1.165, 1.54) is 0 Å². The first-order chi connectivity index (χ1) is 6.85. The molecule has 2 N–H and O–H groups in total. The van der Waals surface area contributed by atoms with E-state index < -0.39 is 19.8 Å². The van der Waals surface area contributed by atoms with Crippen LogP contribution in [0.3, 0.4) is 0 Å². The van der Waals surface area contributed by atoms with Gasteiger partial charge in [0.1, 0.15) is 6.26 Å². The van der Waals surface area contributed by atoms with E-state index in [9.17, 15) is 14.2 Å². The second-order valence-corrected chi connectivity index (χ2v) is 3.04. The Morgan fingerprint density at radius 1 is 1.27 bits per heavy atom. The molecule has 0 bridgehead atoms. The lowest BCUT2D eigenvalue weighted by molar-refractivity contribution is -0.216. The molecule has 0 aromatic heterocycles. The normalized spacial score (nSPS) is 11.1. The van der Waals surface area contributed by atoms with Crippen molar-refractivity contribution in [2.45, 2.75) is 0 Å². The first kappa shape index (κ1) is 13.5. The minimum atomic E-state index is -4.88. The van der Waals surface area contributed by atoms with Crippen LogP contribution < -0.4 is 0 Å². The van der Waals surface area contributed by atoms with Crippen molar-refractivity contribution in [3.8, 4) is 0 Å². The second kappa shape index (κ2) is 6.10. The predicted molar refractivity (Wildman–Crippen MR) is 44.7 cm³/mol. The summed E-state index contributed by atoms with van der Waals surface area (Å²) in [6, 6.07) is 0. The molecule has 0 atom stereocenters. The Labute approximate surface area is 83.9 Å². The molecule has 0 aromatic carbocycles. The number of ether oxygens (including phenoxy) is 1. The van der Waals surface area contributed by atoms with Crippen molar-refractivity contribution in [1.29, 1.82) is 0 Å². The Morgan fingerprint density at radius 2 is 1.87 bits per heavy atom. The zero-order chi connectivity index (χ0) is 11.9. The van der Waals surface area contributed by atoms with Crippen LogP contribution in [-0.4, -0.2) is 21.7 Å². The SMILES string of the molecule is C=CC(=O)OC=CC(=O)OOP(=O)(O)O. The third-order valence-electron chi connectivity index (χ3n) is 0.771. The fourth-order valence-corrected chi connectivity index (χ4v) is 0.488. The third-order valence-corrected chi connectivity index (χ3v) is 1.04. The lowest BCUT2D eigenvalue weighted by Gasteiger charge is -2.00. The first-order valence-electron chi connectivity index (χ1n) is 3.30. The molecule has 0 unspecified atom stereocenters. The van der Waals surface area contributed by atoms with E-state index in [4.69, 9.17) is 9.79 Å². The maximum Gasteiger partial charge on any atom is 0.505 e. The number of carbonyl (C=O) groups is 2. The van der Waals surface area contributed by atoms with Crippen molar-refractivity contribution in [2.75, 3.05) is 0 Å². The minimum Gasteiger partial charge on any atom is -0.431 e. The topological polar surface area (TPSA) is 119 Å². The van der Waals surface area contributed by atoms with E-state index in [0.717, 1.165) is 6.08 Å². The van der Waals surface area contributed by atoms with Gasteiger partial charge in [-0.25, -0.2) is 14.2 Å². The Kier molecular flexibility index (Phi) is 5.50. The molecule has 84 valence electrons. The molecule has 0 radical (unpaired) electrons. The molecule has 0 fully saturated rings. The molecule has 0 rings (SSSR count). The fourth-order valence-electron chi connectivity index (χ4n) is 0.318. The molecule has 0 aliphatic rings. The zero-order valence-electron chi connectivity index (χ0n) is 7.23.